The van der Waals surface area contributed by atoms with Gasteiger partial charge in [-0.2, -0.15) is 0 Å². The van der Waals surface area contributed by atoms with Crippen LogP contribution in [0.2, 0.25) is 0 Å². The van der Waals surface area contributed by atoms with Crippen LogP contribution < -0.4 is 5.73 Å². The Morgan fingerprint density at radius 1 is 1.42 bits per heavy atom. The summed E-state index contributed by atoms with van der Waals surface area (Å²) in [6.45, 7) is 1.89. The summed E-state index contributed by atoms with van der Waals surface area (Å²) < 4.78 is 0. The molecular formula is C7H11Cl2N3. The third-order valence-corrected chi connectivity index (χ3v) is 1.22. The summed E-state index contributed by atoms with van der Waals surface area (Å²) in [5, 5.41) is 7.04. The fourth-order valence-corrected chi connectivity index (χ4v) is 0.627. The van der Waals surface area contributed by atoms with Crippen molar-refractivity contribution in [2.45, 2.75) is 6.92 Å². The van der Waals surface area contributed by atoms with Gasteiger partial charge in [0.25, 0.3) is 0 Å². The molecule has 12 heavy (non-hydrogen) atoms. The molecule has 0 aliphatic carbocycles. The summed E-state index contributed by atoms with van der Waals surface area (Å²) in [5.74, 6) is 0.0625. The molecule has 0 bridgehead atoms. The summed E-state index contributed by atoms with van der Waals surface area (Å²) in [4.78, 5) is 3.98. The van der Waals surface area contributed by atoms with Crippen LogP contribution in [0.3, 0.4) is 0 Å². The maximum atomic E-state index is 7.04. The molecule has 5 heteroatoms. The first-order chi connectivity index (χ1) is 4.70. The molecular weight excluding hydrogens is 197 g/mol. The van der Waals surface area contributed by atoms with Crippen LogP contribution in [0.25, 0.3) is 0 Å². The highest BCUT2D eigenvalue weighted by Crippen LogP contribution is 1.96. The Kier molecular flexibility index (Phi) is 6.65. The Bertz CT molecular complexity index is 245. The highest BCUT2D eigenvalue weighted by Gasteiger charge is 1.93. The number of amidine groups is 1. The van der Waals surface area contributed by atoms with Crippen molar-refractivity contribution in [3.8, 4) is 0 Å². The first kappa shape index (κ1) is 13.8. The zero-order chi connectivity index (χ0) is 7.56. The van der Waals surface area contributed by atoms with Crippen LogP contribution in [0.4, 0.5) is 0 Å². The number of nitrogens with two attached hydrogens (primary N) is 1. The smallest absolute Gasteiger partial charge is 0.124 e. The van der Waals surface area contributed by atoms with Crippen LogP contribution in [-0.4, -0.2) is 10.8 Å². The minimum absolute atomic E-state index is 0. The minimum Gasteiger partial charge on any atom is -0.384 e. The summed E-state index contributed by atoms with van der Waals surface area (Å²) in [6, 6.07) is 3.61. The normalized spacial score (nSPS) is 7.75. The Balaban J connectivity index is 0. The van der Waals surface area contributed by atoms with Gasteiger partial charge in [0.2, 0.25) is 0 Å². The minimum atomic E-state index is 0. The van der Waals surface area contributed by atoms with Crippen LogP contribution in [0, 0.1) is 12.3 Å². The Labute approximate surface area is 83.7 Å². The standard InChI is InChI=1S/C7H9N3.2ClH/c1-5-2-3-6(4-10-5)7(8)9;;/h2-4H,1H3,(H3,8,9);2*1H. The van der Waals surface area contributed by atoms with Gasteiger partial charge in [-0.15, -0.1) is 24.8 Å². The van der Waals surface area contributed by atoms with Crippen molar-refractivity contribution in [1.29, 1.82) is 5.41 Å². The molecule has 0 aliphatic rings. The SMILES string of the molecule is Cc1ccc(C(=N)N)cn1.Cl.Cl. The maximum Gasteiger partial charge on any atom is 0.124 e. The molecule has 0 amide bonds. The molecule has 1 aromatic heterocycles. The number of hydrogen-bond acceptors (Lipinski definition) is 2. The van der Waals surface area contributed by atoms with E-state index in [1.165, 1.54) is 0 Å². The van der Waals surface area contributed by atoms with Gasteiger partial charge in [-0.25, -0.2) is 0 Å². The van der Waals surface area contributed by atoms with E-state index in [1.807, 2.05) is 13.0 Å². The van der Waals surface area contributed by atoms with E-state index in [0.717, 1.165) is 5.69 Å². The lowest BCUT2D eigenvalue weighted by atomic mass is 10.2. The predicted molar refractivity (Wildman–Crippen MR) is 54.5 cm³/mol. The van der Waals surface area contributed by atoms with Crippen molar-refractivity contribution >= 4 is 30.6 Å². The molecule has 0 atom stereocenters. The molecule has 68 valence electrons. The fourth-order valence-electron chi connectivity index (χ4n) is 0.627. The zero-order valence-electron chi connectivity index (χ0n) is 6.57. The predicted octanol–water partition coefficient (Wildman–Crippen LogP) is 1.52. The van der Waals surface area contributed by atoms with Gasteiger partial charge in [-0.05, 0) is 19.1 Å². The highest BCUT2D eigenvalue weighted by atomic mass is 35.5. The monoisotopic (exact) mass is 207 g/mol. The molecule has 0 unspecified atom stereocenters. The van der Waals surface area contributed by atoms with Crippen molar-refractivity contribution in [1.82, 2.24) is 4.98 Å². The number of nitrogen functional groups attached to an aromatic ring is 1. The molecule has 0 aliphatic heterocycles. The number of rotatable bonds is 1. The molecule has 1 aromatic rings. The zero-order valence-corrected chi connectivity index (χ0v) is 8.21. The second-order valence-corrected chi connectivity index (χ2v) is 2.10. The van der Waals surface area contributed by atoms with Crippen LogP contribution in [0.15, 0.2) is 18.3 Å². The maximum absolute atomic E-state index is 7.04. The van der Waals surface area contributed by atoms with E-state index >= 15 is 0 Å². The second kappa shape index (κ2) is 5.80. The van der Waals surface area contributed by atoms with E-state index in [1.54, 1.807) is 12.3 Å². The Morgan fingerprint density at radius 2 is 2.00 bits per heavy atom. The van der Waals surface area contributed by atoms with Gasteiger partial charge in [-0.3, -0.25) is 10.4 Å². The van der Waals surface area contributed by atoms with E-state index < -0.39 is 0 Å². The van der Waals surface area contributed by atoms with Crippen molar-refractivity contribution in [3.63, 3.8) is 0 Å². The molecule has 0 saturated carbocycles. The van der Waals surface area contributed by atoms with Gasteiger partial charge in [0.05, 0.1) is 0 Å². The second-order valence-electron chi connectivity index (χ2n) is 2.10. The first-order valence-electron chi connectivity index (χ1n) is 2.97. The molecule has 0 aromatic carbocycles. The molecule has 3 nitrogen and oxygen atoms in total. The lowest BCUT2D eigenvalue weighted by Crippen LogP contribution is -2.11. The van der Waals surface area contributed by atoms with E-state index in [0.29, 0.717) is 5.56 Å². The molecule has 0 spiro atoms. The van der Waals surface area contributed by atoms with E-state index in [2.05, 4.69) is 4.98 Å². The average molecular weight is 208 g/mol. The molecule has 0 saturated heterocycles. The van der Waals surface area contributed by atoms with Crippen molar-refractivity contribution in [2.24, 2.45) is 5.73 Å². The number of aromatic nitrogens is 1. The van der Waals surface area contributed by atoms with Crippen LogP contribution >= 0.6 is 24.8 Å². The number of nitrogens with zero attached hydrogens (tertiary/aromatic N) is 1. The van der Waals surface area contributed by atoms with Crippen molar-refractivity contribution in [3.05, 3.63) is 29.6 Å². The van der Waals surface area contributed by atoms with Gasteiger partial charge in [0, 0.05) is 17.5 Å². The fraction of sp³-hybridized carbons (Fsp3) is 0.143. The third-order valence-electron chi connectivity index (χ3n) is 1.22. The number of hydrogen-bond donors (Lipinski definition) is 2. The lowest BCUT2D eigenvalue weighted by Gasteiger charge is -1.95. The number of halogens is 2. The number of nitrogens with one attached hydrogen (secondary N) is 1. The van der Waals surface area contributed by atoms with E-state index in [-0.39, 0.29) is 30.6 Å². The summed E-state index contributed by atoms with van der Waals surface area (Å²) in [5.41, 5.74) is 6.81. The molecule has 3 N–H and O–H groups in total. The first-order valence-corrected chi connectivity index (χ1v) is 2.97. The average Bonchev–Trinajstić information content (AvgIpc) is 1.88. The van der Waals surface area contributed by atoms with Gasteiger partial charge >= 0.3 is 0 Å². The summed E-state index contributed by atoms with van der Waals surface area (Å²) >= 11 is 0. The van der Waals surface area contributed by atoms with Gasteiger partial charge in [-0.1, -0.05) is 0 Å². The Morgan fingerprint density at radius 3 is 2.33 bits per heavy atom. The highest BCUT2D eigenvalue weighted by molar-refractivity contribution is 5.94. The van der Waals surface area contributed by atoms with Crippen molar-refractivity contribution in [2.75, 3.05) is 0 Å². The van der Waals surface area contributed by atoms with Gasteiger partial charge in [0.1, 0.15) is 5.84 Å². The van der Waals surface area contributed by atoms with Crippen molar-refractivity contribution < 1.29 is 0 Å². The largest absolute Gasteiger partial charge is 0.384 e. The quantitative estimate of drug-likeness (QED) is 0.542. The number of aryl methyl sites for hydroxylation is 1. The molecule has 0 fully saturated rings. The Hall–Kier alpha value is -0.800. The summed E-state index contributed by atoms with van der Waals surface area (Å²) in [6.07, 6.45) is 1.59. The van der Waals surface area contributed by atoms with Gasteiger partial charge < -0.3 is 5.73 Å². The molecule has 1 rings (SSSR count). The topological polar surface area (TPSA) is 62.8 Å². The number of pyridine rings is 1. The van der Waals surface area contributed by atoms with E-state index in [4.69, 9.17) is 11.1 Å². The van der Waals surface area contributed by atoms with Crippen LogP contribution in [0.1, 0.15) is 11.3 Å². The van der Waals surface area contributed by atoms with Crippen LogP contribution in [-0.2, 0) is 0 Å². The van der Waals surface area contributed by atoms with Gasteiger partial charge in [0.15, 0.2) is 0 Å². The van der Waals surface area contributed by atoms with Crippen LogP contribution in [0.5, 0.6) is 0 Å². The lowest BCUT2D eigenvalue weighted by molar-refractivity contribution is 1.19. The molecule has 1 heterocycles. The van der Waals surface area contributed by atoms with E-state index in [9.17, 15) is 0 Å². The molecule has 0 radical (unpaired) electrons. The third kappa shape index (κ3) is 3.55. The summed E-state index contributed by atoms with van der Waals surface area (Å²) in [7, 11) is 0.